The van der Waals surface area contributed by atoms with Crippen molar-refractivity contribution in [1.29, 1.82) is 0 Å². The first-order chi connectivity index (χ1) is 13.3. The number of aromatic nitrogens is 3. The minimum atomic E-state index is -0.369. The summed E-state index contributed by atoms with van der Waals surface area (Å²) in [5.41, 5.74) is 1.17. The van der Waals surface area contributed by atoms with Gasteiger partial charge in [-0.3, -0.25) is 19.1 Å². The Morgan fingerprint density at radius 3 is 2.75 bits per heavy atom. The standard InChI is InChI=1S/C18H24N6O4/c1-12(2)20-16(25)10-22-4-5-23(11-17(22)26)18(27)15-6-14(28-21-15)9-24-8-13(3)7-19-24/h6-8,12H,4-5,9-11H2,1-3H3,(H,20,25). The summed E-state index contributed by atoms with van der Waals surface area (Å²) in [6.07, 6.45) is 3.59. The van der Waals surface area contributed by atoms with Gasteiger partial charge in [0, 0.05) is 31.4 Å². The third-order valence-electron chi connectivity index (χ3n) is 4.25. The van der Waals surface area contributed by atoms with E-state index in [1.807, 2.05) is 27.0 Å². The van der Waals surface area contributed by atoms with E-state index in [2.05, 4.69) is 15.6 Å². The number of nitrogens with zero attached hydrogens (tertiary/aromatic N) is 5. The molecule has 28 heavy (non-hydrogen) atoms. The molecule has 0 aromatic carbocycles. The second-order valence-corrected chi connectivity index (χ2v) is 7.16. The first-order valence-corrected chi connectivity index (χ1v) is 9.13. The maximum atomic E-state index is 12.6. The lowest BCUT2D eigenvalue weighted by Crippen LogP contribution is -2.54. The van der Waals surface area contributed by atoms with Crippen LogP contribution in [0.25, 0.3) is 0 Å². The van der Waals surface area contributed by atoms with E-state index in [-0.39, 0.29) is 42.5 Å². The minimum absolute atomic E-state index is 0.00353. The highest BCUT2D eigenvalue weighted by atomic mass is 16.5. The van der Waals surface area contributed by atoms with Crippen molar-refractivity contribution in [2.75, 3.05) is 26.2 Å². The first-order valence-electron chi connectivity index (χ1n) is 9.13. The van der Waals surface area contributed by atoms with Crippen LogP contribution in [0.5, 0.6) is 0 Å². The van der Waals surface area contributed by atoms with Crippen LogP contribution in [0.15, 0.2) is 23.0 Å². The maximum absolute atomic E-state index is 12.6. The molecule has 3 rings (SSSR count). The summed E-state index contributed by atoms with van der Waals surface area (Å²) in [6.45, 7) is 6.55. The summed E-state index contributed by atoms with van der Waals surface area (Å²) >= 11 is 0. The van der Waals surface area contributed by atoms with Crippen LogP contribution in [-0.2, 0) is 16.1 Å². The number of hydrogen-bond acceptors (Lipinski definition) is 6. The van der Waals surface area contributed by atoms with Crippen molar-refractivity contribution in [2.24, 2.45) is 0 Å². The molecule has 1 N–H and O–H groups in total. The molecule has 10 heteroatoms. The van der Waals surface area contributed by atoms with E-state index in [1.54, 1.807) is 16.9 Å². The van der Waals surface area contributed by atoms with Gasteiger partial charge in [-0.25, -0.2) is 0 Å². The Bertz CT molecular complexity index is 871. The molecule has 0 bridgehead atoms. The topological polar surface area (TPSA) is 114 Å². The maximum Gasteiger partial charge on any atom is 0.276 e. The average Bonchev–Trinajstić information content (AvgIpc) is 3.25. The van der Waals surface area contributed by atoms with Crippen LogP contribution in [0, 0.1) is 6.92 Å². The van der Waals surface area contributed by atoms with Crippen LogP contribution >= 0.6 is 0 Å². The van der Waals surface area contributed by atoms with Gasteiger partial charge < -0.3 is 19.6 Å². The molecule has 1 aliphatic heterocycles. The molecule has 0 spiro atoms. The zero-order valence-corrected chi connectivity index (χ0v) is 16.2. The highest BCUT2D eigenvalue weighted by molar-refractivity contribution is 5.96. The second kappa shape index (κ2) is 8.24. The van der Waals surface area contributed by atoms with Gasteiger partial charge in [-0.15, -0.1) is 0 Å². The molecule has 0 radical (unpaired) electrons. The van der Waals surface area contributed by atoms with Gasteiger partial charge in [0.25, 0.3) is 5.91 Å². The Morgan fingerprint density at radius 2 is 2.11 bits per heavy atom. The second-order valence-electron chi connectivity index (χ2n) is 7.16. The van der Waals surface area contributed by atoms with Crippen molar-refractivity contribution < 1.29 is 18.9 Å². The predicted molar refractivity (Wildman–Crippen MR) is 98.3 cm³/mol. The Balaban J connectivity index is 1.56. The van der Waals surface area contributed by atoms with E-state index in [0.717, 1.165) is 5.56 Å². The van der Waals surface area contributed by atoms with Gasteiger partial charge in [-0.2, -0.15) is 5.10 Å². The monoisotopic (exact) mass is 388 g/mol. The van der Waals surface area contributed by atoms with E-state index in [1.165, 1.54) is 9.80 Å². The molecule has 2 aromatic rings. The fourth-order valence-corrected chi connectivity index (χ4v) is 2.95. The van der Waals surface area contributed by atoms with E-state index in [0.29, 0.717) is 25.4 Å². The van der Waals surface area contributed by atoms with Crippen LogP contribution in [0.3, 0.4) is 0 Å². The highest BCUT2D eigenvalue weighted by Crippen LogP contribution is 2.12. The normalized spacial score (nSPS) is 14.6. The number of amides is 3. The molecular weight excluding hydrogens is 364 g/mol. The molecule has 1 saturated heterocycles. The molecule has 0 unspecified atom stereocenters. The third-order valence-corrected chi connectivity index (χ3v) is 4.25. The Morgan fingerprint density at radius 1 is 1.32 bits per heavy atom. The van der Waals surface area contributed by atoms with Crippen molar-refractivity contribution in [3.05, 3.63) is 35.5 Å². The van der Waals surface area contributed by atoms with Crippen LogP contribution in [0.1, 0.15) is 35.7 Å². The highest BCUT2D eigenvalue weighted by Gasteiger charge is 2.30. The predicted octanol–water partition coefficient (Wildman–Crippen LogP) is 0.0368. The van der Waals surface area contributed by atoms with Crippen molar-refractivity contribution in [3.8, 4) is 0 Å². The van der Waals surface area contributed by atoms with Gasteiger partial charge in [0.15, 0.2) is 11.5 Å². The van der Waals surface area contributed by atoms with Crippen molar-refractivity contribution in [2.45, 2.75) is 33.4 Å². The van der Waals surface area contributed by atoms with E-state index in [9.17, 15) is 14.4 Å². The van der Waals surface area contributed by atoms with Gasteiger partial charge in [0.1, 0.15) is 13.1 Å². The first kappa shape index (κ1) is 19.6. The summed E-state index contributed by atoms with van der Waals surface area (Å²) in [5, 5.41) is 10.7. The number of rotatable bonds is 6. The molecule has 1 aliphatic rings. The number of aryl methyl sites for hydroxylation is 1. The molecule has 2 aromatic heterocycles. The molecule has 0 saturated carbocycles. The Hall–Kier alpha value is -3.17. The Labute approximate surface area is 162 Å². The lowest BCUT2D eigenvalue weighted by molar-refractivity contribution is -0.139. The number of piperazine rings is 1. The molecule has 0 aliphatic carbocycles. The average molecular weight is 388 g/mol. The molecule has 150 valence electrons. The van der Waals surface area contributed by atoms with Crippen molar-refractivity contribution in [1.82, 2.24) is 30.1 Å². The largest absolute Gasteiger partial charge is 0.359 e. The van der Waals surface area contributed by atoms with Crippen LogP contribution in [-0.4, -0.2) is 74.7 Å². The molecule has 0 atom stereocenters. The number of carbonyl (C=O) groups excluding carboxylic acids is 3. The van der Waals surface area contributed by atoms with Crippen molar-refractivity contribution >= 4 is 17.7 Å². The minimum Gasteiger partial charge on any atom is -0.359 e. The fraction of sp³-hybridized carbons (Fsp3) is 0.500. The summed E-state index contributed by atoms with van der Waals surface area (Å²) in [6, 6.07) is 1.57. The SMILES string of the molecule is Cc1cnn(Cc2cc(C(=O)N3CCN(CC(=O)NC(C)C)C(=O)C3)no2)c1. The third kappa shape index (κ3) is 4.76. The lowest BCUT2D eigenvalue weighted by Gasteiger charge is -2.33. The van der Waals surface area contributed by atoms with Crippen LogP contribution < -0.4 is 5.32 Å². The summed E-state index contributed by atoms with van der Waals surface area (Å²) in [4.78, 5) is 39.6. The van der Waals surface area contributed by atoms with E-state index in [4.69, 9.17) is 4.52 Å². The molecule has 1 fully saturated rings. The van der Waals surface area contributed by atoms with Crippen LogP contribution in [0.4, 0.5) is 0 Å². The zero-order valence-electron chi connectivity index (χ0n) is 16.2. The van der Waals surface area contributed by atoms with Gasteiger partial charge in [0.2, 0.25) is 11.8 Å². The molecule has 3 amide bonds. The quantitative estimate of drug-likeness (QED) is 0.747. The van der Waals surface area contributed by atoms with Crippen LogP contribution in [0.2, 0.25) is 0 Å². The van der Waals surface area contributed by atoms with E-state index >= 15 is 0 Å². The lowest BCUT2D eigenvalue weighted by atomic mass is 10.2. The number of nitrogens with one attached hydrogen (secondary N) is 1. The Kier molecular flexibility index (Phi) is 5.76. The number of carbonyl (C=O) groups is 3. The van der Waals surface area contributed by atoms with Crippen molar-refractivity contribution in [3.63, 3.8) is 0 Å². The molecule has 10 nitrogen and oxygen atoms in total. The van der Waals surface area contributed by atoms with Gasteiger partial charge >= 0.3 is 0 Å². The number of hydrogen-bond donors (Lipinski definition) is 1. The summed E-state index contributed by atoms with van der Waals surface area (Å²) < 4.78 is 6.91. The summed E-state index contributed by atoms with van der Waals surface area (Å²) in [7, 11) is 0. The van der Waals surface area contributed by atoms with Gasteiger partial charge in [-0.05, 0) is 26.3 Å². The molecule has 3 heterocycles. The summed E-state index contributed by atoms with van der Waals surface area (Å²) in [5.74, 6) is -0.347. The fourth-order valence-electron chi connectivity index (χ4n) is 2.95. The van der Waals surface area contributed by atoms with Gasteiger partial charge in [-0.1, -0.05) is 5.16 Å². The van der Waals surface area contributed by atoms with E-state index < -0.39 is 0 Å². The smallest absolute Gasteiger partial charge is 0.276 e. The molecular formula is C18H24N6O4. The van der Waals surface area contributed by atoms with Gasteiger partial charge in [0.05, 0.1) is 12.7 Å². The zero-order chi connectivity index (χ0) is 20.3.